The van der Waals surface area contributed by atoms with Gasteiger partial charge in [0, 0.05) is 13.7 Å². The van der Waals surface area contributed by atoms with Crippen LogP contribution in [0, 0.1) is 5.82 Å². The molecule has 1 atom stereocenters. The van der Waals surface area contributed by atoms with E-state index in [-0.39, 0.29) is 11.9 Å². The Bertz CT molecular complexity index is 307. The molecule has 0 aliphatic heterocycles. The number of methoxy groups -OCH3 is 1. The van der Waals surface area contributed by atoms with Gasteiger partial charge in [-0.1, -0.05) is 12.1 Å². The maximum atomic E-state index is 13.1. The number of benzene rings is 1. The van der Waals surface area contributed by atoms with Gasteiger partial charge in [-0.25, -0.2) is 4.39 Å². The van der Waals surface area contributed by atoms with Crippen molar-refractivity contribution in [3.63, 3.8) is 0 Å². The second-order valence-corrected chi connectivity index (χ2v) is 3.46. The minimum Gasteiger partial charge on any atom is -0.382 e. The second kappa shape index (κ2) is 7.33. The average Bonchev–Trinajstić information content (AvgIpc) is 2.28. The molecule has 4 heteroatoms. The van der Waals surface area contributed by atoms with Crippen molar-refractivity contribution in [1.29, 1.82) is 0 Å². The minimum atomic E-state index is -0.242. The first-order valence-corrected chi connectivity index (χ1v) is 5.28. The van der Waals surface area contributed by atoms with Crippen LogP contribution >= 0.6 is 0 Å². The van der Waals surface area contributed by atoms with Gasteiger partial charge in [0.05, 0.1) is 19.3 Å². The number of nitrogens with one attached hydrogen (secondary N) is 1. The highest BCUT2D eigenvalue weighted by Crippen LogP contribution is 2.17. The van der Waals surface area contributed by atoms with E-state index in [4.69, 9.17) is 9.47 Å². The van der Waals surface area contributed by atoms with Crippen LogP contribution in [-0.4, -0.2) is 33.9 Å². The zero-order valence-corrected chi connectivity index (χ0v) is 9.70. The molecule has 1 unspecified atom stereocenters. The molecule has 0 radical (unpaired) electrons. The van der Waals surface area contributed by atoms with E-state index in [1.165, 1.54) is 12.1 Å². The molecule has 0 fully saturated rings. The predicted octanol–water partition coefficient (Wildman–Crippen LogP) is 1.75. The lowest BCUT2D eigenvalue weighted by Gasteiger charge is -2.17. The molecule has 0 heterocycles. The highest BCUT2D eigenvalue weighted by Gasteiger charge is 2.11. The molecule has 0 aromatic heterocycles. The molecule has 1 aromatic carbocycles. The summed E-state index contributed by atoms with van der Waals surface area (Å²) in [5, 5.41) is 3.02. The van der Waals surface area contributed by atoms with Crippen molar-refractivity contribution in [1.82, 2.24) is 5.32 Å². The fourth-order valence-corrected chi connectivity index (χ4v) is 1.44. The standard InChI is InChI=1S/C12H18FNO2/c1-14-9-12(16-7-6-15-2)10-4-3-5-11(13)8-10/h3-5,8,12,14H,6-7,9H2,1-2H3. The van der Waals surface area contributed by atoms with Crippen molar-refractivity contribution in [2.75, 3.05) is 33.9 Å². The fraction of sp³-hybridized carbons (Fsp3) is 0.500. The number of ether oxygens (including phenoxy) is 2. The lowest BCUT2D eigenvalue weighted by Crippen LogP contribution is -2.21. The summed E-state index contributed by atoms with van der Waals surface area (Å²) in [5.41, 5.74) is 0.838. The van der Waals surface area contributed by atoms with Crippen LogP contribution in [-0.2, 0) is 9.47 Å². The SMILES string of the molecule is CNCC(OCCOC)c1cccc(F)c1. The summed E-state index contributed by atoms with van der Waals surface area (Å²) >= 11 is 0. The van der Waals surface area contributed by atoms with Crippen LogP contribution in [0.5, 0.6) is 0 Å². The van der Waals surface area contributed by atoms with Crippen LogP contribution < -0.4 is 5.32 Å². The Morgan fingerprint density at radius 2 is 2.19 bits per heavy atom. The van der Waals surface area contributed by atoms with Crippen LogP contribution in [0.25, 0.3) is 0 Å². The van der Waals surface area contributed by atoms with Crippen LogP contribution in [0.1, 0.15) is 11.7 Å². The van der Waals surface area contributed by atoms with E-state index >= 15 is 0 Å². The van der Waals surface area contributed by atoms with Gasteiger partial charge in [0.2, 0.25) is 0 Å². The zero-order valence-electron chi connectivity index (χ0n) is 9.70. The highest BCUT2D eigenvalue weighted by atomic mass is 19.1. The molecule has 0 saturated heterocycles. The number of rotatable bonds is 7. The van der Waals surface area contributed by atoms with Gasteiger partial charge in [-0.05, 0) is 24.7 Å². The Morgan fingerprint density at radius 3 is 2.81 bits per heavy atom. The number of likely N-dealkylation sites (N-methyl/N-ethyl adjacent to an activating group) is 1. The van der Waals surface area contributed by atoms with Crippen LogP contribution in [0.3, 0.4) is 0 Å². The van der Waals surface area contributed by atoms with Crippen molar-refractivity contribution < 1.29 is 13.9 Å². The average molecular weight is 227 g/mol. The third-order valence-electron chi connectivity index (χ3n) is 2.22. The van der Waals surface area contributed by atoms with Gasteiger partial charge < -0.3 is 14.8 Å². The minimum absolute atomic E-state index is 0.143. The fourth-order valence-electron chi connectivity index (χ4n) is 1.44. The van der Waals surface area contributed by atoms with Gasteiger partial charge in [0.15, 0.2) is 0 Å². The number of halogens is 1. The lowest BCUT2D eigenvalue weighted by atomic mass is 10.1. The van der Waals surface area contributed by atoms with Crippen LogP contribution in [0.2, 0.25) is 0 Å². The molecule has 0 aliphatic carbocycles. The molecule has 16 heavy (non-hydrogen) atoms. The summed E-state index contributed by atoms with van der Waals surface area (Å²) in [4.78, 5) is 0. The Morgan fingerprint density at radius 1 is 1.38 bits per heavy atom. The first-order chi connectivity index (χ1) is 7.77. The maximum absolute atomic E-state index is 13.1. The molecule has 0 amide bonds. The molecule has 0 aliphatic rings. The van der Waals surface area contributed by atoms with Gasteiger partial charge in [-0.15, -0.1) is 0 Å². The Balaban J connectivity index is 2.61. The topological polar surface area (TPSA) is 30.5 Å². The third kappa shape index (κ3) is 4.26. The third-order valence-corrected chi connectivity index (χ3v) is 2.22. The summed E-state index contributed by atoms with van der Waals surface area (Å²) in [6.07, 6.45) is -0.143. The first-order valence-electron chi connectivity index (χ1n) is 5.28. The Kier molecular flexibility index (Phi) is 6.00. The van der Waals surface area contributed by atoms with Crippen molar-refractivity contribution >= 4 is 0 Å². The Hall–Kier alpha value is -0.970. The molecule has 0 saturated carbocycles. The first kappa shape index (κ1) is 13.1. The van der Waals surface area contributed by atoms with E-state index in [1.54, 1.807) is 13.2 Å². The predicted molar refractivity (Wildman–Crippen MR) is 60.9 cm³/mol. The largest absolute Gasteiger partial charge is 0.382 e. The molecule has 3 nitrogen and oxygen atoms in total. The van der Waals surface area contributed by atoms with Crippen molar-refractivity contribution in [3.05, 3.63) is 35.6 Å². The van der Waals surface area contributed by atoms with Gasteiger partial charge >= 0.3 is 0 Å². The molecular formula is C12H18FNO2. The number of hydrogen-bond donors (Lipinski definition) is 1. The monoisotopic (exact) mass is 227 g/mol. The summed E-state index contributed by atoms with van der Waals surface area (Å²) in [6, 6.07) is 6.47. The molecule has 0 spiro atoms. The molecular weight excluding hydrogens is 209 g/mol. The maximum Gasteiger partial charge on any atom is 0.123 e. The van der Waals surface area contributed by atoms with Gasteiger partial charge in [0.25, 0.3) is 0 Å². The molecule has 1 aromatic rings. The normalized spacial score (nSPS) is 12.7. The number of hydrogen-bond acceptors (Lipinski definition) is 3. The smallest absolute Gasteiger partial charge is 0.123 e. The zero-order chi connectivity index (χ0) is 11.8. The molecule has 1 rings (SSSR count). The summed E-state index contributed by atoms with van der Waals surface area (Å²) < 4.78 is 23.6. The van der Waals surface area contributed by atoms with E-state index in [0.717, 1.165) is 5.56 Å². The summed E-state index contributed by atoms with van der Waals surface area (Å²) in [5.74, 6) is -0.242. The van der Waals surface area contributed by atoms with Crippen LogP contribution in [0.4, 0.5) is 4.39 Å². The lowest BCUT2D eigenvalue weighted by molar-refractivity contribution is 0.0174. The molecule has 1 N–H and O–H groups in total. The highest BCUT2D eigenvalue weighted by molar-refractivity contribution is 5.19. The molecule has 0 bridgehead atoms. The van der Waals surface area contributed by atoms with Crippen molar-refractivity contribution in [3.8, 4) is 0 Å². The van der Waals surface area contributed by atoms with Crippen LogP contribution in [0.15, 0.2) is 24.3 Å². The summed E-state index contributed by atoms with van der Waals surface area (Å²) in [6.45, 7) is 1.68. The van der Waals surface area contributed by atoms with E-state index < -0.39 is 0 Å². The van der Waals surface area contributed by atoms with E-state index in [9.17, 15) is 4.39 Å². The second-order valence-electron chi connectivity index (χ2n) is 3.46. The Labute approximate surface area is 95.6 Å². The van der Waals surface area contributed by atoms with E-state index in [1.807, 2.05) is 13.1 Å². The van der Waals surface area contributed by atoms with Gasteiger partial charge in [-0.2, -0.15) is 0 Å². The quantitative estimate of drug-likeness (QED) is 0.720. The van der Waals surface area contributed by atoms with E-state index in [2.05, 4.69) is 5.32 Å². The van der Waals surface area contributed by atoms with Gasteiger partial charge in [0.1, 0.15) is 5.82 Å². The molecule has 90 valence electrons. The summed E-state index contributed by atoms with van der Waals surface area (Å²) in [7, 11) is 3.46. The van der Waals surface area contributed by atoms with E-state index in [0.29, 0.717) is 19.8 Å². The van der Waals surface area contributed by atoms with Gasteiger partial charge in [-0.3, -0.25) is 0 Å². The van der Waals surface area contributed by atoms with Crippen molar-refractivity contribution in [2.45, 2.75) is 6.10 Å². The van der Waals surface area contributed by atoms with Crippen molar-refractivity contribution in [2.24, 2.45) is 0 Å².